The number of carbonyl (C=O) groups is 2. The molecule has 0 aliphatic carbocycles. The van der Waals surface area contributed by atoms with E-state index in [0.29, 0.717) is 0 Å². The van der Waals surface area contributed by atoms with Crippen molar-refractivity contribution in [3.63, 3.8) is 0 Å². The highest BCUT2D eigenvalue weighted by atomic mass is 19.1. The van der Waals surface area contributed by atoms with Gasteiger partial charge in [-0.05, 0) is 37.3 Å². The average molecular weight is 279 g/mol. The highest BCUT2D eigenvalue weighted by Crippen LogP contribution is 2.13. The topological polar surface area (TPSA) is 66.8 Å². The van der Waals surface area contributed by atoms with Gasteiger partial charge in [-0.25, -0.2) is 4.39 Å². The number of nitrogens with zero attached hydrogens (tertiary/aromatic N) is 1. The maximum absolute atomic E-state index is 12.7. The van der Waals surface area contributed by atoms with Gasteiger partial charge < -0.3 is 9.94 Å². The molecule has 0 aromatic heterocycles. The first-order valence-electron chi connectivity index (χ1n) is 5.67. The van der Waals surface area contributed by atoms with E-state index in [-0.39, 0.29) is 5.75 Å². The number of aliphatic hydroxyl groups is 1. The van der Waals surface area contributed by atoms with E-state index in [9.17, 15) is 19.1 Å². The normalized spacial score (nSPS) is 10.8. The molecule has 6 heteroatoms. The number of halogens is 1. The van der Waals surface area contributed by atoms with Crippen LogP contribution < -0.4 is 4.84 Å². The maximum atomic E-state index is 12.7. The smallest absolute Gasteiger partial charge is 0.289 e. The minimum atomic E-state index is -0.882. The third-order valence-electron chi connectivity index (χ3n) is 2.38. The Morgan fingerprint density at radius 1 is 1.35 bits per heavy atom. The largest absolute Gasteiger partial charge is 0.504 e. The third kappa shape index (κ3) is 3.68. The number of likely N-dealkylation sites (N-methyl/N-ethyl adjacent to an activating group) is 1. The molecule has 5 nitrogen and oxygen atoms in total. The highest BCUT2D eigenvalue weighted by molar-refractivity contribution is 6.23. The second-order valence-electron chi connectivity index (χ2n) is 3.83. The van der Waals surface area contributed by atoms with Gasteiger partial charge in [-0.2, -0.15) is 5.06 Å². The molecule has 1 aromatic carbocycles. The fourth-order valence-electron chi connectivity index (χ4n) is 1.27. The number of ketones is 1. The number of amides is 1. The Morgan fingerprint density at radius 3 is 2.40 bits per heavy atom. The summed E-state index contributed by atoms with van der Waals surface area (Å²) in [4.78, 5) is 28.5. The van der Waals surface area contributed by atoms with Crippen molar-refractivity contribution in [2.45, 2.75) is 6.92 Å². The fraction of sp³-hybridized carbons (Fsp3) is 0.143. The second-order valence-corrected chi connectivity index (χ2v) is 3.83. The van der Waals surface area contributed by atoms with Crippen LogP contribution in [0.25, 0.3) is 0 Å². The first-order valence-corrected chi connectivity index (χ1v) is 5.67. The number of allylic oxidation sites excluding steroid dienone is 2. The molecule has 0 radical (unpaired) electrons. The van der Waals surface area contributed by atoms with Crippen molar-refractivity contribution in [2.75, 3.05) is 7.05 Å². The molecule has 0 aliphatic heterocycles. The van der Waals surface area contributed by atoms with Gasteiger partial charge in [0.2, 0.25) is 5.78 Å². The van der Waals surface area contributed by atoms with Crippen LogP contribution in [0.2, 0.25) is 0 Å². The molecule has 1 N–H and O–H groups in total. The molecule has 1 rings (SSSR count). The molecule has 1 amide bonds. The summed E-state index contributed by atoms with van der Waals surface area (Å²) in [5, 5.41) is 10.0. The summed E-state index contributed by atoms with van der Waals surface area (Å²) in [6, 6.07) is 4.98. The van der Waals surface area contributed by atoms with Crippen molar-refractivity contribution in [3.8, 4) is 5.75 Å². The molecule has 0 heterocycles. The SMILES string of the molecule is C=C(C(=O)C(O)=CC)C(=O)N(C)Oc1ccc(F)cc1. The van der Waals surface area contributed by atoms with Crippen molar-refractivity contribution in [1.82, 2.24) is 5.06 Å². The Hall–Kier alpha value is -2.63. The Morgan fingerprint density at radius 2 is 1.90 bits per heavy atom. The number of hydrogen-bond donors (Lipinski definition) is 1. The van der Waals surface area contributed by atoms with Gasteiger partial charge in [0.25, 0.3) is 5.91 Å². The summed E-state index contributed by atoms with van der Waals surface area (Å²) in [7, 11) is 1.27. The molecule has 0 aliphatic rings. The van der Waals surface area contributed by atoms with Gasteiger partial charge in [0.15, 0.2) is 11.5 Å². The zero-order valence-corrected chi connectivity index (χ0v) is 11.1. The van der Waals surface area contributed by atoms with Gasteiger partial charge in [0.1, 0.15) is 5.82 Å². The van der Waals surface area contributed by atoms with E-state index in [1.54, 1.807) is 0 Å². The third-order valence-corrected chi connectivity index (χ3v) is 2.38. The summed E-state index contributed by atoms with van der Waals surface area (Å²) < 4.78 is 12.7. The fourth-order valence-corrected chi connectivity index (χ4v) is 1.27. The molecule has 20 heavy (non-hydrogen) atoms. The molecule has 0 unspecified atom stereocenters. The number of carbonyl (C=O) groups excluding carboxylic acids is 2. The molecule has 106 valence electrons. The average Bonchev–Trinajstić information content (AvgIpc) is 2.46. The van der Waals surface area contributed by atoms with Gasteiger partial charge in [-0.3, -0.25) is 9.59 Å². The number of hydrogen-bond acceptors (Lipinski definition) is 4. The second kappa shape index (κ2) is 6.51. The zero-order valence-electron chi connectivity index (χ0n) is 11.1. The molecule has 0 saturated carbocycles. The molecule has 0 saturated heterocycles. The van der Waals surface area contributed by atoms with Crippen LogP contribution in [0.4, 0.5) is 4.39 Å². The van der Waals surface area contributed by atoms with Crippen LogP contribution in [0.5, 0.6) is 5.75 Å². The first-order chi connectivity index (χ1) is 9.36. The molecular formula is C14H14FNO4. The van der Waals surface area contributed by atoms with Crippen LogP contribution in [-0.4, -0.2) is 28.9 Å². The minimum Gasteiger partial charge on any atom is -0.504 e. The number of Topliss-reactive ketones (excluding diaryl/α,β-unsaturated/α-hetero) is 1. The summed E-state index contributed by atoms with van der Waals surface area (Å²) in [5.74, 6) is -2.49. The zero-order chi connectivity index (χ0) is 15.3. The van der Waals surface area contributed by atoms with E-state index in [0.717, 1.165) is 11.1 Å². The van der Waals surface area contributed by atoms with Gasteiger partial charge >= 0.3 is 0 Å². The lowest BCUT2D eigenvalue weighted by atomic mass is 10.1. The van der Waals surface area contributed by atoms with Crippen LogP contribution in [0.3, 0.4) is 0 Å². The lowest BCUT2D eigenvalue weighted by Gasteiger charge is -2.18. The van der Waals surface area contributed by atoms with Gasteiger partial charge in [0.05, 0.1) is 5.57 Å². The number of rotatable bonds is 5. The van der Waals surface area contributed by atoms with Crippen LogP contribution >= 0.6 is 0 Å². The minimum absolute atomic E-state index is 0.220. The van der Waals surface area contributed by atoms with Gasteiger partial charge in [-0.1, -0.05) is 6.58 Å². The standard InChI is InChI=1S/C14H14FNO4/c1-4-12(17)13(18)9(2)14(19)16(3)20-11-7-5-10(15)6-8-11/h4-8,17H,2H2,1,3H3. The van der Waals surface area contributed by atoms with Crippen molar-refractivity contribution >= 4 is 11.7 Å². The van der Waals surface area contributed by atoms with E-state index in [4.69, 9.17) is 4.84 Å². The van der Waals surface area contributed by atoms with E-state index in [2.05, 4.69) is 6.58 Å². The van der Waals surface area contributed by atoms with Crippen molar-refractivity contribution in [2.24, 2.45) is 0 Å². The predicted octanol–water partition coefficient (Wildman–Crippen LogP) is 2.17. The summed E-state index contributed by atoms with van der Waals surface area (Å²) in [5.41, 5.74) is -0.440. The Balaban J connectivity index is 2.74. The molecule has 0 spiro atoms. The predicted molar refractivity (Wildman–Crippen MR) is 70.3 cm³/mol. The van der Waals surface area contributed by atoms with Gasteiger partial charge in [-0.15, -0.1) is 0 Å². The summed E-state index contributed by atoms with van der Waals surface area (Å²) in [6.07, 6.45) is 1.15. The van der Waals surface area contributed by atoms with E-state index in [1.165, 1.54) is 38.2 Å². The number of aliphatic hydroxyl groups excluding tert-OH is 1. The Labute approximate surface area is 115 Å². The maximum Gasteiger partial charge on any atom is 0.289 e. The van der Waals surface area contributed by atoms with E-state index < -0.39 is 28.8 Å². The molecule has 0 bridgehead atoms. The van der Waals surface area contributed by atoms with Crippen molar-refractivity contribution in [3.05, 3.63) is 54.1 Å². The lowest BCUT2D eigenvalue weighted by Crippen LogP contribution is -2.33. The molecule has 0 atom stereocenters. The Bertz CT molecular complexity index is 563. The van der Waals surface area contributed by atoms with Crippen molar-refractivity contribution < 1.29 is 23.9 Å². The highest BCUT2D eigenvalue weighted by Gasteiger charge is 2.23. The number of hydroxylamine groups is 2. The lowest BCUT2D eigenvalue weighted by molar-refractivity contribution is -0.148. The number of benzene rings is 1. The summed E-state index contributed by atoms with van der Waals surface area (Å²) >= 11 is 0. The Kier molecular flexibility index (Phi) is 5.02. The van der Waals surface area contributed by atoms with Gasteiger partial charge in [0, 0.05) is 7.05 Å². The molecular weight excluding hydrogens is 265 g/mol. The molecule has 1 aromatic rings. The van der Waals surface area contributed by atoms with E-state index in [1.807, 2.05) is 0 Å². The van der Waals surface area contributed by atoms with Crippen LogP contribution in [-0.2, 0) is 9.59 Å². The van der Waals surface area contributed by atoms with Crippen LogP contribution in [0.1, 0.15) is 6.92 Å². The molecule has 0 fully saturated rings. The van der Waals surface area contributed by atoms with E-state index >= 15 is 0 Å². The first kappa shape index (κ1) is 15.4. The van der Waals surface area contributed by atoms with Crippen molar-refractivity contribution in [1.29, 1.82) is 0 Å². The van der Waals surface area contributed by atoms with Crippen LogP contribution in [0.15, 0.2) is 48.3 Å². The summed E-state index contributed by atoms with van der Waals surface area (Å²) in [6.45, 7) is 4.77. The quantitative estimate of drug-likeness (QED) is 0.295. The monoisotopic (exact) mass is 279 g/mol. The van der Waals surface area contributed by atoms with Crippen LogP contribution in [0, 0.1) is 5.82 Å².